The second-order valence-corrected chi connectivity index (χ2v) is 4.92. The predicted octanol–water partition coefficient (Wildman–Crippen LogP) is 2.22. The minimum Gasteiger partial charge on any atom is -0.492 e. The Morgan fingerprint density at radius 1 is 1.08 bits per heavy atom. The number of rotatable bonds is 7. The van der Waals surface area contributed by atoms with Crippen molar-refractivity contribution >= 4 is 11.8 Å². The average molecular weight is 356 g/mol. The highest BCUT2D eigenvalue weighted by Gasteiger charge is 2.29. The second-order valence-electron chi connectivity index (χ2n) is 4.92. The van der Waals surface area contributed by atoms with E-state index in [4.69, 9.17) is 9.15 Å². The van der Waals surface area contributed by atoms with E-state index in [1.807, 2.05) is 0 Å². The molecular formula is C16H15F3N2O4. The standard InChI is InChI=1S/C16H15F3N2O4/c17-16(18,19)12-1-3-13(4-2-12)25-8-6-20-14(22)9-21-15(23)11-5-7-24-10-11/h1-5,7,10H,6,8-9H2,(H,20,22)(H,21,23). The van der Waals surface area contributed by atoms with E-state index in [0.717, 1.165) is 12.1 Å². The van der Waals surface area contributed by atoms with Gasteiger partial charge in [-0.1, -0.05) is 0 Å². The number of amides is 2. The number of halogens is 3. The first kappa shape index (κ1) is 18.4. The molecule has 1 heterocycles. The average Bonchev–Trinajstić information content (AvgIpc) is 3.11. The first-order valence-electron chi connectivity index (χ1n) is 7.23. The third-order valence-electron chi connectivity index (χ3n) is 3.07. The summed E-state index contributed by atoms with van der Waals surface area (Å²) in [5, 5.41) is 4.91. The lowest BCUT2D eigenvalue weighted by molar-refractivity contribution is -0.137. The first-order valence-corrected chi connectivity index (χ1v) is 7.23. The zero-order valence-electron chi connectivity index (χ0n) is 12.9. The number of carbonyl (C=O) groups is 2. The van der Waals surface area contributed by atoms with Gasteiger partial charge in [0.15, 0.2) is 0 Å². The van der Waals surface area contributed by atoms with E-state index >= 15 is 0 Å². The van der Waals surface area contributed by atoms with Crippen LogP contribution < -0.4 is 15.4 Å². The highest BCUT2D eigenvalue weighted by atomic mass is 19.4. The molecule has 134 valence electrons. The van der Waals surface area contributed by atoms with E-state index in [0.29, 0.717) is 5.56 Å². The van der Waals surface area contributed by atoms with Gasteiger partial charge in [0.05, 0.1) is 30.5 Å². The van der Waals surface area contributed by atoms with Gasteiger partial charge in [0.2, 0.25) is 5.91 Å². The molecule has 0 aliphatic carbocycles. The van der Waals surface area contributed by atoms with Crippen molar-refractivity contribution in [3.63, 3.8) is 0 Å². The molecule has 0 unspecified atom stereocenters. The Morgan fingerprint density at radius 3 is 2.40 bits per heavy atom. The van der Waals surface area contributed by atoms with Crippen LogP contribution in [0.2, 0.25) is 0 Å². The summed E-state index contributed by atoms with van der Waals surface area (Å²) in [7, 11) is 0. The maximum Gasteiger partial charge on any atom is 0.416 e. The number of alkyl halides is 3. The van der Waals surface area contributed by atoms with Gasteiger partial charge < -0.3 is 19.8 Å². The highest BCUT2D eigenvalue weighted by molar-refractivity contribution is 5.96. The van der Waals surface area contributed by atoms with Crippen molar-refractivity contribution in [3.8, 4) is 5.75 Å². The molecule has 0 atom stereocenters. The SMILES string of the molecule is O=C(CNC(=O)c1ccoc1)NCCOc1ccc(C(F)(F)F)cc1. The van der Waals surface area contributed by atoms with E-state index in [-0.39, 0.29) is 25.4 Å². The zero-order chi connectivity index (χ0) is 18.3. The molecule has 6 nitrogen and oxygen atoms in total. The Labute approximate surface area is 141 Å². The van der Waals surface area contributed by atoms with Gasteiger partial charge in [-0.15, -0.1) is 0 Å². The minimum atomic E-state index is -4.40. The second kappa shape index (κ2) is 8.22. The Hall–Kier alpha value is -2.97. The van der Waals surface area contributed by atoms with Crippen LogP contribution >= 0.6 is 0 Å². The molecule has 1 aromatic carbocycles. The molecule has 2 N–H and O–H groups in total. The predicted molar refractivity (Wildman–Crippen MR) is 81.0 cm³/mol. The lowest BCUT2D eigenvalue weighted by Crippen LogP contribution is -2.38. The molecule has 2 rings (SSSR count). The molecule has 0 spiro atoms. The highest BCUT2D eigenvalue weighted by Crippen LogP contribution is 2.30. The van der Waals surface area contributed by atoms with Crippen LogP contribution in [0.15, 0.2) is 47.3 Å². The Bertz CT molecular complexity index is 697. The van der Waals surface area contributed by atoms with Gasteiger partial charge in [0, 0.05) is 0 Å². The third-order valence-corrected chi connectivity index (χ3v) is 3.07. The minimum absolute atomic E-state index is 0.0762. The molecule has 2 aromatic rings. The summed E-state index contributed by atoms with van der Waals surface area (Å²) < 4.78 is 47.2. The summed E-state index contributed by atoms with van der Waals surface area (Å²) in [5.74, 6) is -0.603. The molecule has 0 radical (unpaired) electrons. The molecule has 1 aromatic heterocycles. The first-order chi connectivity index (χ1) is 11.9. The van der Waals surface area contributed by atoms with Gasteiger partial charge in [-0.05, 0) is 30.3 Å². The van der Waals surface area contributed by atoms with Crippen LogP contribution in [0.25, 0.3) is 0 Å². The topological polar surface area (TPSA) is 80.6 Å². The number of hydrogen-bond acceptors (Lipinski definition) is 4. The monoisotopic (exact) mass is 356 g/mol. The van der Waals surface area contributed by atoms with Gasteiger partial charge in [0.1, 0.15) is 18.6 Å². The van der Waals surface area contributed by atoms with Crippen molar-refractivity contribution in [3.05, 3.63) is 54.0 Å². The van der Waals surface area contributed by atoms with Crippen LogP contribution in [-0.4, -0.2) is 31.5 Å². The van der Waals surface area contributed by atoms with E-state index < -0.39 is 23.6 Å². The Balaban J connectivity index is 1.64. The normalized spacial score (nSPS) is 11.0. The largest absolute Gasteiger partial charge is 0.492 e. The van der Waals surface area contributed by atoms with Gasteiger partial charge in [-0.2, -0.15) is 13.2 Å². The van der Waals surface area contributed by atoms with Crippen molar-refractivity contribution < 1.29 is 31.9 Å². The van der Waals surface area contributed by atoms with Crippen molar-refractivity contribution in [1.82, 2.24) is 10.6 Å². The fourth-order valence-corrected chi connectivity index (χ4v) is 1.82. The van der Waals surface area contributed by atoms with Crippen LogP contribution in [0.1, 0.15) is 15.9 Å². The van der Waals surface area contributed by atoms with E-state index in [2.05, 4.69) is 10.6 Å². The number of hydrogen-bond donors (Lipinski definition) is 2. The van der Waals surface area contributed by atoms with Crippen molar-refractivity contribution in [2.24, 2.45) is 0 Å². The van der Waals surface area contributed by atoms with E-state index in [9.17, 15) is 22.8 Å². The summed E-state index contributed by atoms with van der Waals surface area (Å²) in [6, 6.07) is 5.70. The molecular weight excluding hydrogens is 341 g/mol. The van der Waals surface area contributed by atoms with Crippen molar-refractivity contribution in [1.29, 1.82) is 0 Å². The summed E-state index contributed by atoms with van der Waals surface area (Å²) in [4.78, 5) is 23.1. The molecule has 0 bridgehead atoms. The molecule has 2 amide bonds. The van der Waals surface area contributed by atoms with Crippen LogP contribution in [0.3, 0.4) is 0 Å². The van der Waals surface area contributed by atoms with Crippen LogP contribution in [0.5, 0.6) is 5.75 Å². The summed E-state index contributed by atoms with van der Waals surface area (Å²) >= 11 is 0. The lowest BCUT2D eigenvalue weighted by atomic mass is 10.2. The number of benzene rings is 1. The third kappa shape index (κ3) is 5.87. The van der Waals surface area contributed by atoms with Crippen molar-refractivity contribution in [2.75, 3.05) is 19.7 Å². The zero-order valence-corrected chi connectivity index (χ0v) is 12.9. The maximum atomic E-state index is 12.4. The van der Waals surface area contributed by atoms with Gasteiger partial charge >= 0.3 is 6.18 Å². The molecule has 9 heteroatoms. The lowest BCUT2D eigenvalue weighted by Gasteiger charge is -2.10. The molecule has 25 heavy (non-hydrogen) atoms. The molecule has 0 aliphatic rings. The Kier molecular flexibility index (Phi) is 6.04. The van der Waals surface area contributed by atoms with Crippen molar-refractivity contribution in [2.45, 2.75) is 6.18 Å². The quantitative estimate of drug-likeness (QED) is 0.746. The van der Waals surface area contributed by atoms with Gasteiger partial charge in [0.25, 0.3) is 5.91 Å². The molecule has 0 fully saturated rings. The molecule has 0 saturated carbocycles. The maximum absolute atomic E-state index is 12.4. The number of furan rings is 1. The number of ether oxygens (including phenoxy) is 1. The van der Waals surface area contributed by atoms with Crippen LogP contribution in [-0.2, 0) is 11.0 Å². The molecule has 0 saturated heterocycles. The number of carbonyl (C=O) groups excluding carboxylic acids is 2. The van der Waals surface area contributed by atoms with E-state index in [1.165, 1.54) is 30.7 Å². The smallest absolute Gasteiger partial charge is 0.416 e. The van der Waals surface area contributed by atoms with Gasteiger partial charge in [-0.3, -0.25) is 9.59 Å². The number of nitrogens with one attached hydrogen (secondary N) is 2. The summed E-state index contributed by atoms with van der Waals surface area (Å²) in [6.45, 7) is -0.00148. The van der Waals surface area contributed by atoms with Crippen LogP contribution in [0.4, 0.5) is 13.2 Å². The molecule has 0 aliphatic heterocycles. The summed E-state index contributed by atoms with van der Waals surface area (Å²) in [5.41, 5.74) is -0.458. The fraction of sp³-hybridized carbons (Fsp3) is 0.250. The fourth-order valence-electron chi connectivity index (χ4n) is 1.82. The summed E-state index contributed by atoms with van der Waals surface area (Å²) in [6.07, 6.45) is -1.80. The van der Waals surface area contributed by atoms with Crippen LogP contribution in [0, 0.1) is 0 Å². The van der Waals surface area contributed by atoms with Gasteiger partial charge in [-0.25, -0.2) is 0 Å². The van der Waals surface area contributed by atoms with E-state index in [1.54, 1.807) is 0 Å². The Morgan fingerprint density at radius 2 is 1.80 bits per heavy atom.